The number of nitrogens with one attached hydrogen (secondary N) is 2. The summed E-state index contributed by atoms with van der Waals surface area (Å²) in [6.45, 7) is 2.14. The van der Waals surface area contributed by atoms with E-state index < -0.39 is 10.0 Å². The molecule has 2 N–H and O–H groups in total. The van der Waals surface area contributed by atoms with Gasteiger partial charge in [-0.1, -0.05) is 53.8 Å². The summed E-state index contributed by atoms with van der Waals surface area (Å²) in [6.07, 6.45) is 3.33. The highest BCUT2D eigenvalue weighted by molar-refractivity contribution is 8.26. The second-order valence-corrected chi connectivity index (χ2v) is 11.8. The molecule has 1 fully saturated rings. The molecular weight excluding hydrogens is 525 g/mol. The van der Waals surface area contributed by atoms with Gasteiger partial charge in [0.1, 0.15) is 4.32 Å². The SMILES string of the molecule is Cc1ccc(/C=C2\SC(=S)N(CCC(=O)Nc3ccc(S(=O)(=O)Nc4nccs4)cc3)C2=O)cc1. The van der Waals surface area contributed by atoms with Crippen molar-refractivity contribution in [1.29, 1.82) is 0 Å². The zero-order valence-electron chi connectivity index (χ0n) is 18.4. The fourth-order valence-electron chi connectivity index (χ4n) is 3.11. The Bertz CT molecular complexity index is 1380. The fraction of sp³-hybridized carbons (Fsp3) is 0.130. The van der Waals surface area contributed by atoms with Crippen molar-refractivity contribution in [1.82, 2.24) is 9.88 Å². The van der Waals surface area contributed by atoms with Crippen LogP contribution in [0.25, 0.3) is 6.08 Å². The maximum absolute atomic E-state index is 12.8. The molecule has 0 spiro atoms. The van der Waals surface area contributed by atoms with E-state index in [1.165, 1.54) is 58.5 Å². The molecule has 4 rings (SSSR count). The van der Waals surface area contributed by atoms with Crippen molar-refractivity contribution in [2.45, 2.75) is 18.2 Å². The summed E-state index contributed by atoms with van der Waals surface area (Å²) < 4.78 is 27.6. The lowest BCUT2D eigenvalue weighted by atomic mass is 10.1. The summed E-state index contributed by atoms with van der Waals surface area (Å²) in [4.78, 5) is 31.1. The van der Waals surface area contributed by atoms with E-state index in [4.69, 9.17) is 12.2 Å². The van der Waals surface area contributed by atoms with Crippen molar-refractivity contribution in [2.75, 3.05) is 16.6 Å². The summed E-state index contributed by atoms with van der Waals surface area (Å²) in [5, 5.41) is 4.64. The molecule has 0 bridgehead atoms. The monoisotopic (exact) mass is 544 g/mol. The number of sulfonamides is 1. The van der Waals surface area contributed by atoms with Gasteiger partial charge in [0.2, 0.25) is 5.91 Å². The van der Waals surface area contributed by atoms with Crippen molar-refractivity contribution in [2.24, 2.45) is 0 Å². The van der Waals surface area contributed by atoms with E-state index in [2.05, 4.69) is 15.0 Å². The zero-order valence-corrected chi connectivity index (χ0v) is 21.7. The minimum atomic E-state index is -3.77. The van der Waals surface area contributed by atoms with Crippen LogP contribution in [0.3, 0.4) is 0 Å². The van der Waals surface area contributed by atoms with Crippen LogP contribution in [0.5, 0.6) is 0 Å². The van der Waals surface area contributed by atoms with E-state index in [0.717, 1.165) is 11.1 Å². The molecule has 2 amide bonds. The minimum Gasteiger partial charge on any atom is -0.326 e. The molecule has 3 aromatic rings. The second kappa shape index (κ2) is 10.7. The Morgan fingerprint density at radius 1 is 1.14 bits per heavy atom. The van der Waals surface area contributed by atoms with E-state index in [-0.39, 0.29) is 34.8 Å². The van der Waals surface area contributed by atoms with E-state index in [9.17, 15) is 18.0 Å². The summed E-state index contributed by atoms with van der Waals surface area (Å²) in [7, 11) is -3.77. The number of carbonyl (C=O) groups is 2. The Kier molecular flexibility index (Phi) is 7.65. The topological polar surface area (TPSA) is 108 Å². The maximum Gasteiger partial charge on any atom is 0.266 e. The number of anilines is 2. The molecule has 0 aliphatic carbocycles. The van der Waals surface area contributed by atoms with E-state index >= 15 is 0 Å². The molecule has 0 saturated carbocycles. The van der Waals surface area contributed by atoms with Crippen molar-refractivity contribution in [3.63, 3.8) is 0 Å². The number of thiazole rings is 1. The lowest BCUT2D eigenvalue weighted by molar-refractivity contribution is -0.122. The number of hydrogen-bond acceptors (Lipinski definition) is 8. The van der Waals surface area contributed by atoms with Gasteiger partial charge < -0.3 is 5.32 Å². The molecule has 180 valence electrons. The van der Waals surface area contributed by atoms with Crippen LogP contribution >= 0.6 is 35.3 Å². The number of aromatic nitrogens is 1. The quantitative estimate of drug-likeness (QED) is 0.318. The molecule has 12 heteroatoms. The van der Waals surface area contributed by atoms with Crippen LogP contribution in [0.2, 0.25) is 0 Å². The van der Waals surface area contributed by atoms with Gasteiger partial charge in [0.25, 0.3) is 15.9 Å². The third-order valence-corrected chi connectivity index (χ3v) is 8.46. The third kappa shape index (κ3) is 6.34. The molecular formula is C23H20N4O4S4. The number of hydrogen-bond donors (Lipinski definition) is 2. The molecule has 0 atom stereocenters. The molecule has 1 aliphatic heterocycles. The fourth-order valence-corrected chi connectivity index (χ4v) is 6.21. The largest absolute Gasteiger partial charge is 0.326 e. The van der Waals surface area contributed by atoms with Crippen LogP contribution in [0.4, 0.5) is 10.8 Å². The van der Waals surface area contributed by atoms with Crippen molar-refractivity contribution >= 4 is 78.4 Å². The Morgan fingerprint density at radius 2 is 1.86 bits per heavy atom. The van der Waals surface area contributed by atoms with E-state index in [1.54, 1.807) is 11.5 Å². The van der Waals surface area contributed by atoms with Crippen LogP contribution < -0.4 is 10.0 Å². The Balaban J connectivity index is 1.32. The highest BCUT2D eigenvalue weighted by atomic mass is 32.2. The van der Waals surface area contributed by atoms with Gasteiger partial charge in [0, 0.05) is 30.2 Å². The molecule has 1 aromatic heterocycles. The van der Waals surface area contributed by atoms with Crippen molar-refractivity contribution in [3.8, 4) is 0 Å². The number of amides is 2. The first-order valence-corrected chi connectivity index (χ1v) is 13.9. The maximum atomic E-state index is 12.8. The van der Waals surface area contributed by atoms with Gasteiger partial charge in [-0.25, -0.2) is 13.4 Å². The van der Waals surface area contributed by atoms with Gasteiger partial charge in [0.15, 0.2) is 5.13 Å². The van der Waals surface area contributed by atoms with Gasteiger partial charge in [0.05, 0.1) is 9.80 Å². The lowest BCUT2D eigenvalue weighted by Crippen LogP contribution is -2.31. The second-order valence-electron chi connectivity index (χ2n) is 7.51. The Morgan fingerprint density at radius 3 is 2.51 bits per heavy atom. The standard InChI is InChI=1S/C23H20N4O4S4/c1-15-2-4-16(5-3-15)14-19-21(29)27(23(32)34-19)12-10-20(28)25-17-6-8-18(9-7-17)35(30,31)26-22-24-11-13-33-22/h2-9,11,13-14H,10,12H2,1H3,(H,24,26)(H,25,28)/b19-14-. The van der Waals surface area contributed by atoms with Crippen molar-refractivity contribution < 1.29 is 18.0 Å². The number of benzene rings is 2. The minimum absolute atomic E-state index is 0.0376. The van der Waals surface area contributed by atoms with Gasteiger partial charge in [-0.2, -0.15) is 0 Å². The molecule has 8 nitrogen and oxygen atoms in total. The average Bonchev–Trinajstić information content (AvgIpc) is 3.41. The summed E-state index contributed by atoms with van der Waals surface area (Å²) >= 11 is 7.72. The molecule has 1 saturated heterocycles. The van der Waals surface area contributed by atoms with Crippen LogP contribution in [0, 0.1) is 6.92 Å². The number of thioether (sulfide) groups is 1. The number of thiocarbonyl (C=S) groups is 1. The Hall–Kier alpha value is -3.06. The first-order chi connectivity index (χ1) is 16.7. The summed E-state index contributed by atoms with van der Waals surface area (Å²) in [5.41, 5.74) is 2.47. The van der Waals surface area contributed by atoms with E-state index in [1.807, 2.05) is 31.2 Å². The molecule has 1 aliphatic rings. The number of aryl methyl sites for hydroxylation is 1. The first kappa shape index (κ1) is 25.0. The van der Waals surface area contributed by atoms with Gasteiger partial charge >= 0.3 is 0 Å². The van der Waals surface area contributed by atoms with Crippen LogP contribution in [-0.2, 0) is 19.6 Å². The van der Waals surface area contributed by atoms with Gasteiger partial charge in [-0.15, -0.1) is 11.3 Å². The predicted molar refractivity (Wildman–Crippen MR) is 144 cm³/mol. The van der Waals surface area contributed by atoms with Gasteiger partial charge in [-0.05, 0) is 42.8 Å². The summed E-state index contributed by atoms with van der Waals surface area (Å²) in [6, 6.07) is 13.6. The highest BCUT2D eigenvalue weighted by Gasteiger charge is 2.32. The predicted octanol–water partition coefficient (Wildman–Crippen LogP) is 4.48. The van der Waals surface area contributed by atoms with Gasteiger partial charge in [-0.3, -0.25) is 19.2 Å². The zero-order chi connectivity index (χ0) is 25.0. The average molecular weight is 545 g/mol. The van der Waals surface area contributed by atoms with Crippen LogP contribution in [0.1, 0.15) is 17.5 Å². The third-order valence-electron chi connectivity index (χ3n) is 4.91. The van der Waals surface area contributed by atoms with Crippen LogP contribution in [-0.4, -0.2) is 41.0 Å². The highest BCUT2D eigenvalue weighted by Crippen LogP contribution is 2.32. The lowest BCUT2D eigenvalue weighted by Gasteiger charge is -2.14. The summed E-state index contributed by atoms with van der Waals surface area (Å²) in [5.74, 6) is -0.547. The molecule has 2 aromatic carbocycles. The first-order valence-electron chi connectivity index (χ1n) is 10.4. The number of carbonyl (C=O) groups excluding carboxylic acids is 2. The smallest absolute Gasteiger partial charge is 0.266 e. The number of nitrogens with zero attached hydrogens (tertiary/aromatic N) is 2. The Labute approximate surface area is 216 Å². The molecule has 0 unspecified atom stereocenters. The molecule has 35 heavy (non-hydrogen) atoms. The molecule has 0 radical (unpaired) electrons. The normalized spacial score (nSPS) is 15.0. The van der Waals surface area contributed by atoms with Crippen molar-refractivity contribution in [3.05, 3.63) is 76.1 Å². The molecule has 2 heterocycles. The van der Waals surface area contributed by atoms with E-state index in [0.29, 0.717) is 14.9 Å². The number of rotatable bonds is 8. The van der Waals surface area contributed by atoms with Crippen LogP contribution in [0.15, 0.2) is 69.9 Å².